The van der Waals surface area contributed by atoms with Crippen molar-refractivity contribution < 1.29 is 21.6 Å². The van der Waals surface area contributed by atoms with Gasteiger partial charge in [0.2, 0.25) is 10.0 Å². The topological polar surface area (TPSA) is 92.8 Å². The van der Waals surface area contributed by atoms with E-state index in [1.807, 2.05) is 0 Å². The zero-order valence-electron chi connectivity index (χ0n) is 15.8. The highest BCUT2D eigenvalue weighted by Crippen LogP contribution is 2.25. The number of methoxy groups -OCH3 is 1. The van der Waals surface area contributed by atoms with Gasteiger partial charge in [-0.25, -0.2) is 16.8 Å². The summed E-state index contributed by atoms with van der Waals surface area (Å²) in [6, 6.07) is 10.4. The molecule has 0 radical (unpaired) electrons. The third-order valence-corrected chi connectivity index (χ3v) is 7.72. The molecule has 0 atom stereocenters. The van der Waals surface area contributed by atoms with Gasteiger partial charge in [0.25, 0.3) is 10.0 Å². The number of rotatable bonds is 8. The Balaban J connectivity index is 2.40. The fourth-order valence-corrected chi connectivity index (χ4v) is 5.37. The Hall–Kier alpha value is -2.10. The number of nitrogens with one attached hydrogen (secondary N) is 1. The van der Waals surface area contributed by atoms with E-state index in [2.05, 4.69) is 4.72 Å². The van der Waals surface area contributed by atoms with Crippen LogP contribution in [-0.2, 0) is 20.0 Å². The number of nitrogens with zero attached hydrogens (tertiary/aromatic N) is 1. The first-order chi connectivity index (χ1) is 12.7. The monoisotopic (exact) mass is 412 g/mol. The van der Waals surface area contributed by atoms with Gasteiger partial charge in [-0.2, -0.15) is 4.31 Å². The maximum Gasteiger partial charge on any atom is 0.261 e. The second kappa shape index (κ2) is 8.28. The van der Waals surface area contributed by atoms with Crippen LogP contribution in [0.5, 0.6) is 5.75 Å². The summed E-state index contributed by atoms with van der Waals surface area (Å²) in [5, 5.41) is 0. The van der Waals surface area contributed by atoms with E-state index in [0.29, 0.717) is 24.4 Å². The van der Waals surface area contributed by atoms with Crippen molar-refractivity contribution in [2.45, 2.75) is 30.6 Å². The zero-order valence-corrected chi connectivity index (χ0v) is 17.4. The maximum atomic E-state index is 12.8. The lowest BCUT2D eigenvalue weighted by molar-refractivity contribution is 0.414. The van der Waals surface area contributed by atoms with E-state index in [1.165, 1.54) is 35.7 Å². The van der Waals surface area contributed by atoms with Crippen LogP contribution in [0.25, 0.3) is 0 Å². The molecule has 0 spiro atoms. The molecule has 0 saturated carbocycles. The van der Waals surface area contributed by atoms with Crippen molar-refractivity contribution in [3.05, 3.63) is 48.0 Å². The highest BCUT2D eigenvalue weighted by atomic mass is 32.2. The number of hydrogen-bond donors (Lipinski definition) is 1. The predicted octanol–water partition coefficient (Wildman–Crippen LogP) is 2.83. The lowest BCUT2D eigenvalue weighted by Crippen LogP contribution is -2.31. The molecule has 0 fully saturated rings. The van der Waals surface area contributed by atoms with Gasteiger partial charge in [-0.1, -0.05) is 19.9 Å². The second-order valence-corrected chi connectivity index (χ2v) is 9.44. The maximum absolute atomic E-state index is 12.8. The van der Waals surface area contributed by atoms with Gasteiger partial charge in [-0.15, -0.1) is 0 Å². The molecule has 0 aliphatic carbocycles. The molecule has 2 rings (SSSR count). The Morgan fingerprint density at radius 2 is 1.56 bits per heavy atom. The minimum Gasteiger partial charge on any atom is -0.497 e. The number of aryl methyl sites for hydroxylation is 1. The summed E-state index contributed by atoms with van der Waals surface area (Å²) in [4.78, 5) is 0.137. The van der Waals surface area contributed by atoms with Crippen LogP contribution in [0.2, 0.25) is 0 Å². The summed E-state index contributed by atoms with van der Waals surface area (Å²) >= 11 is 0. The average Bonchev–Trinajstić information content (AvgIpc) is 2.63. The van der Waals surface area contributed by atoms with Gasteiger partial charge in [-0.3, -0.25) is 4.72 Å². The molecule has 0 bridgehead atoms. The van der Waals surface area contributed by atoms with Crippen LogP contribution in [-0.4, -0.2) is 41.3 Å². The molecule has 0 aliphatic rings. The van der Waals surface area contributed by atoms with Crippen molar-refractivity contribution in [1.82, 2.24) is 4.31 Å². The van der Waals surface area contributed by atoms with E-state index >= 15 is 0 Å². The fraction of sp³-hybridized carbons (Fsp3) is 0.333. The summed E-state index contributed by atoms with van der Waals surface area (Å²) in [6.45, 7) is 5.86. The normalized spacial score (nSPS) is 12.2. The van der Waals surface area contributed by atoms with Crippen LogP contribution >= 0.6 is 0 Å². The van der Waals surface area contributed by atoms with E-state index in [1.54, 1.807) is 39.0 Å². The first kappa shape index (κ1) is 21.2. The minimum atomic E-state index is -3.86. The molecule has 0 aliphatic heterocycles. The first-order valence-electron chi connectivity index (χ1n) is 8.43. The van der Waals surface area contributed by atoms with Crippen molar-refractivity contribution in [3.8, 4) is 5.75 Å². The van der Waals surface area contributed by atoms with Crippen LogP contribution in [0, 0.1) is 6.92 Å². The van der Waals surface area contributed by atoms with Crippen LogP contribution in [0.3, 0.4) is 0 Å². The lowest BCUT2D eigenvalue weighted by atomic mass is 10.2. The molecule has 0 unspecified atom stereocenters. The number of hydrogen-bond acceptors (Lipinski definition) is 5. The summed E-state index contributed by atoms with van der Waals surface area (Å²) in [6.07, 6.45) is 0. The first-order valence-corrected chi connectivity index (χ1v) is 11.4. The smallest absolute Gasteiger partial charge is 0.261 e. The molecule has 9 heteroatoms. The molecule has 0 heterocycles. The average molecular weight is 413 g/mol. The molecule has 0 aromatic heterocycles. The van der Waals surface area contributed by atoms with Gasteiger partial charge in [0.05, 0.1) is 22.6 Å². The quantitative estimate of drug-likeness (QED) is 0.720. The van der Waals surface area contributed by atoms with Gasteiger partial charge in [-0.05, 0) is 48.9 Å². The van der Waals surface area contributed by atoms with Gasteiger partial charge < -0.3 is 4.74 Å². The van der Waals surface area contributed by atoms with Crippen molar-refractivity contribution in [3.63, 3.8) is 0 Å². The molecule has 2 aromatic rings. The third-order valence-electron chi connectivity index (χ3n) is 4.13. The van der Waals surface area contributed by atoms with Crippen molar-refractivity contribution >= 4 is 25.7 Å². The Labute approximate surface area is 161 Å². The standard InChI is InChI=1S/C18H24N2O5S2/c1-5-20(6-2)27(23,24)18-13-15(8-7-14(18)3)19-26(21,22)17-11-9-16(25-4)10-12-17/h7-13,19H,5-6H2,1-4H3. The van der Waals surface area contributed by atoms with E-state index in [9.17, 15) is 16.8 Å². The zero-order chi connectivity index (χ0) is 20.2. The number of anilines is 1. The van der Waals surface area contributed by atoms with Crippen LogP contribution in [0.1, 0.15) is 19.4 Å². The number of sulfonamides is 2. The highest BCUT2D eigenvalue weighted by molar-refractivity contribution is 7.92. The van der Waals surface area contributed by atoms with Gasteiger partial charge in [0, 0.05) is 13.1 Å². The second-order valence-electron chi connectivity index (χ2n) is 5.85. The van der Waals surface area contributed by atoms with E-state index < -0.39 is 20.0 Å². The minimum absolute atomic E-state index is 0.0528. The Morgan fingerprint density at radius 3 is 2.07 bits per heavy atom. The van der Waals surface area contributed by atoms with Crippen molar-refractivity contribution in [1.29, 1.82) is 0 Å². The van der Waals surface area contributed by atoms with E-state index in [0.717, 1.165) is 0 Å². The summed E-state index contributed by atoms with van der Waals surface area (Å²) in [7, 11) is -6.07. The molecule has 0 amide bonds. The molecule has 0 saturated heterocycles. The molecular formula is C18H24N2O5S2. The molecule has 1 N–H and O–H groups in total. The number of benzene rings is 2. The Morgan fingerprint density at radius 1 is 0.963 bits per heavy atom. The summed E-state index contributed by atoms with van der Waals surface area (Å²) in [5.41, 5.74) is 0.733. The largest absolute Gasteiger partial charge is 0.497 e. The molecule has 2 aromatic carbocycles. The van der Waals surface area contributed by atoms with E-state index in [4.69, 9.17) is 4.74 Å². The molecule has 7 nitrogen and oxygen atoms in total. The predicted molar refractivity (Wildman–Crippen MR) is 105 cm³/mol. The van der Waals surface area contributed by atoms with Crippen molar-refractivity contribution in [2.75, 3.05) is 24.9 Å². The van der Waals surface area contributed by atoms with Crippen LogP contribution in [0.15, 0.2) is 52.3 Å². The lowest BCUT2D eigenvalue weighted by Gasteiger charge is -2.20. The molecular weight excluding hydrogens is 388 g/mol. The van der Waals surface area contributed by atoms with Gasteiger partial charge >= 0.3 is 0 Å². The third kappa shape index (κ3) is 4.60. The fourth-order valence-electron chi connectivity index (χ4n) is 2.61. The Bertz CT molecular complexity index is 997. The van der Waals surface area contributed by atoms with Crippen LogP contribution < -0.4 is 9.46 Å². The molecule has 27 heavy (non-hydrogen) atoms. The summed E-state index contributed by atoms with van der Waals surface area (Å²) < 4.78 is 59.6. The summed E-state index contributed by atoms with van der Waals surface area (Å²) in [5.74, 6) is 0.539. The molecule has 148 valence electrons. The highest BCUT2D eigenvalue weighted by Gasteiger charge is 2.24. The van der Waals surface area contributed by atoms with Gasteiger partial charge in [0.1, 0.15) is 5.75 Å². The van der Waals surface area contributed by atoms with Crippen molar-refractivity contribution in [2.24, 2.45) is 0 Å². The van der Waals surface area contributed by atoms with Gasteiger partial charge in [0.15, 0.2) is 0 Å². The van der Waals surface area contributed by atoms with Crippen LogP contribution in [0.4, 0.5) is 5.69 Å². The number of ether oxygens (including phenoxy) is 1. The van der Waals surface area contributed by atoms with E-state index in [-0.39, 0.29) is 15.5 Å². The Kier molecular flexibility index (Phi) is 6.50. The SMILES string of the molecule is CCN(CC)S(=O)(=O)c1cc(NS(=O)(=O)c2ccc(OC)cc2)ccc1C.